The van der Waals surface area contributed by atoms with Gasteiger partial charge >= 0.3 is 0 Å². The fraction of sp³-hybridized carbons (Fsp3) is 0.533. The van der Waals surface area contributed by atoms with Crippen molar-refractivity contribution in [2.45, 2.75) is 39.2 Å². The van der Waals surface area contributed by atoms with Crippen LogP contribution in [0.3, 0.4) is 0 Å². The highest BCUT2D eigenvalue weighted by molar-refractivity contribution is 9.10. The molecular formula is C15H19BrFNO2. The maximum absolute atomic E-state index is 12.9. The zero-order chi connectivity index (χ0) is 14.8. The second-order valence-electron chi connectivity index (χ2n) is 6.03. The lowest BCUT2D eigenvalue weighted by Crippen LogP contribution is -2.36. The lowest BCUT2D eigenvalue weighted by molar-refractivity contribution is -0.123. The first kappa shape index (κ1) is 15.3. The number of amides is 1. The molecule has 1 aliphatic rings. The molecule has 0 heterocycles. The van der Waals surface area contributed by atoms with Crippen molar-refractivity contribution in [2.24, 2.45) is 5.41 Å². The molecule has 0 aliphatic heterocycles. The molecular weight excluding hydrogens is 325 g/mol. The summed E-state index contributed by atoms with van der Waals surface area (Å²) in [6.07, 6.45) is 3.14. The number of benzene rings is 1. The number of hydrogen-bond donors (Lipinski definition) is 1. The zero-order valence-electron chi connectivity index (χ0n) is 11.7. The molecule has 1 amide bonds. The molecule has 1 saturated carbocycles. The maximum Gasteiger partial charge on any atom is 0.258 e. The Hall–Kier alpha value is -1.10. The van der Waals surface area contributed by atoms with Crippen molar-refractivity contribution >= 4 is 21.8 Å². The van der Waals surface area contributed by atoms with Crippen LogP contribution < -0.4 is 10.1 Å². The van der Waals surface area contributed by atoms with Crippen molar-refractivity contribution < 1.29 is 13.9 Å². The first-order chi connectivity index (χ1) is 9.35. The minimum absolute atomic E-state index is 0.0544. The Morgan fingerprint density at radius 2 is 2.30 bits per heavy atom. The fourth-order valence-electron chi connectivity index (χ4n) is 2.56. The van der Waals surface area contributed by atoms with Crippen molar-refractivity contribution in [3.05, 3.63) is 28.5 Å². The Bertz CT molecular complexity index is 505. The van der Waals surface area contributed by atoms with Crippen LogP contribution in [0.15, 0.2) is 22.7 Å². The normalized spacial score (nSPS) is 20.7. The van der Waals surface area contributed by atoms with Crippen molar-refractivity contribution in [3.8, 4) is 5.75 Å². The minimum Gasteiger partial charge on any atom is -0.483 e. The number of nitrogens with one attached hydrogen (secondary N) is 1. The van der Waals surface area contributed by atoms with Crippen LogP contribution in [0.4, 0.5) is 4.39 Å². The van der Waals surface area contributed by atoms with Crippen molar-refractivity contribution in [1.82, 2.24) is 5.32 Å². The molecule has 1 aromatic rings. The van der Waals surface area contributed by atoms with E-state index in [4.69, 9.17) is 4.74 Å². The van der Waals surface area contributed by atoms with E-state index in [0.29, 0.717) is 15.6 Å². The Kier molecular flexibility index (Phi) is 4.68. The van der Waals surface area contributed by atoms with Gasteiger partial charge in [0.2, 0.25) is 0 Å². The van der Waals surface area contributed by atoms with E-state index >= 15 is 0 Å². The van der Waals surface area contributed by atoms with Gasteiger partial charge in [-0.2, -0.15) is 0 Å². The van der Waals surface area contributed by atoms with Gasteiger partial charge < -0.3 is 10.1 Å². The molecule has 0 radical (unpaired) electrons. The minimum atomic E-state index is -0.345. The van der Waals surface area contributed by atoms with Crippen molar-refractivity contribution in [2.75, 3.05) is 6.61 Å². The van der Waals surface area contributed by atoms with Crippen LogP contribution in [-0.2, 0) is 4.79 Å². The zero-order valence-corrected chi connectivity index (χ0v) is 13.3. The lowest BCUT2D eigenvalue weighted by Gasteiger charge is -2.18. The molecule has 0 spiro atoms. The summed E-state index contributed by atoms with van der Waals surface area (Å²) in [5.41, 5.74) is 0.304. The van der Waals surface area contributed by atoms with Crippen LogP contribution in [0, 0.1) is 11.2 Å². The molecule has 0 aromatic heterocycles. The third-order valence-corrected chi connectivity index (χ3v) is 4.21. The molecule has 1 unspecified atom stereocenters. The number of halogens is 2. The summed E-state index contributed by atoms with van der Waals surface area (Å²) >= 11 is 3.20. The highest BCUT2D eigenvalue weighted by Crippen LogP contribution is 2.36. The fourth-order valence-corrected chi connectivity index (χ4v) is 3.03. The highest BCUT2D eigenvalue weighted by Gasteiger charge is 2.31. The standard InChI is InChI=1S/C15H19BrFNO2/c1-15(2)6-5-11(8-15)18-14(19)9-20-13-4-3-10(17)7-12(13)16/h3-4,7,11H,5-6,8-9H2,1-2H3,(H,18,19). The van der Waals surface area contributed by atoms with Crippen LogP contribution in [0.25, 0.3) is 0 Å². The van der Waals surface area contributed by atoms with Gasteiger partial charge in [0.1, 0.15) is 11.6 Å². The largest absolute Gasteiger partial charge is 0.483 e. The molecule has 1 fully saturated rings. The van der Waals surface area contributed by atoms with Gasteiger partial charge in [-0.05, 0) is 58.8 Å². The summed E-state index contributed by atoms with van der Waals surface area (Å²) in [5.74, 6) is -0.0147. The van der Waals surface area contributed by atoms with Crippen LogP contribution in [-0.4, -0.2) is 18.6 Å². The maximum atomic E-state index is 12.9. The monoisotopic (exact) mass is 343 g/mol. The third kappa shape index (κ3) is 4.20. The van der Waals surface area contributed by atoms with Crippen LogP contribution in [0.1, 0.15) is 33.1 Å². The summed E-state index contributed by atoms with van der Waals surface area (Å²) in [6.45, 7) is 4.37. The predicted octanol–water partition coefficient (Wildman–Crippen LogP) is 3.66. The van der Waals surface area contributed by atoms with E-state index < -0.39 is 0 Å². The molecule has 1 N–H and O–H groups in total. The van der Waals surface area contributed by atoms with Gasteiger partial charge in [-0.1, -0.05) is 13.8 Å². The van der Waals surface area contributed by atoms with E-state index in [-0.39, 0.29) is 24.4 Å². The summed E-state index contributed by atoms with van der Waals surface area (Å²) in [7, 11) is 0. The van der Waals surface area contributed by atoms with Gasteiger partial charge in [0.15, 0.2) is 6.61 Å². The van der Waals surface area contributed by atoms with Crippen LogP contribution >= 0.6 is 15.9 Å². The Balaban J connectivity index is 1.81. The van der Waals surface area contributed by atoms with E-state index in [1.165, 1.54) is 18.2 Å². The quantitative estimate of drug-likeness (QED) is 0.905. The van der Waals surface area contributed by atoms with Crippen molar-refractivity contribution in [1.29, 1.82) is 0 Å². The van der Waals surface area contributed by atoms with Gasteiger partial charge in [0, 0.05) is 6.04 Å². The molecule has 1 atom stereocenters. The summed E-state index contributed by atoms with van der Waals surface area (Å²) in [4.78, 5) is 11.8. The molecule has 3 nitrogen and oxygen atoms in total. The van der Waals surface area contributed by atoms with E-state index in [1.807, 2.05) is 0 Å². The molecule has 2 rings (SSSR count). The van der Waals surface area contributed by atoms with Gasteiger partial charge in [-0.15, -0.1) is 0 Å². The second-order valence-corrected chi connectivity index (χ2v) is 6.89. The number of rotatable bonds is 4. The highest BCUT2D eigenvalue weighted by atomic mass is 79.9. The second kappa shape index (κ2) is 6.12. The first-order valence-electron chi connectivity index (χ1n) is 6.73. The molecule has 110 valence electrons. The van der Waals surface area contributed by atoms with Gasteiger partial charge in [-0.3, -0.25) is 4.79 Å². The average Bonchev–Trinajstić information content (AvgIpc) is 2.67. The number of hydrogen-bond acceptors (Lipinski definition) is 2. The average molecular weight is 344 g/mol. The number of carbonyl (C=O) groups is 1. The third-order valence-electron chi connectivity index (χ3n) is 3.59. The van der Waals surface area contributed by atoms with Gasteiger partial charge in [-0.25, -0.2) is 4.39 Å². The summed E-state index contributed by atoms with van der Waals surface area (Å²) in [5, 5.41) is 2.98. The first-order valence-corrected chi connectivity index (χ1v) is 7.52. The Morgan fingerprint density at radius 3 is 2.90 bits per heavy atom. The molecule has 0 bridgehead atoms. The molecule has 0 saturated heterocycles. The summed E-state index contributed by atoms with van der Waals surface area (Å²) in [6, 6.07) is 4.35. The summed E-state index contributed by atoms with van der Waals surface area (Å²) < 4.78 is 18.8. The predicted molar refractivity (Wildman–Crippen MR) is 79.2 cm³/mol. The Labute approximate surface area is 127 Å². The lowest BCUT2D eigenvalue weighted by atomic mass is 9.92. The van der Waals surface area contributed by atoms with Gasteiger partial charge in [0.25, 0.3) is 5.91 Å². The van der Waals surface area contributed by atoms with Crippen LogP contribution in [0.2, 0.25) is 0 Å². The topological polar surface area (TPSA) is 38.3 Å². The smallest absolute Gasteiger partial charge is 0.258 e. The van der Waals surface area contributed by atoms with Crippen LogP contribution in [0.5, 0.6) is 5.75 Å². The molecule has 5 heteroatoms. The number of carbonyl (C=O) groups excluding carboxylic acids is 1. The van der Waals surface area contributed by atoms with E-state index in [2.05, 4.69) is 35.1 Å². The van der Waals surface area contributed by atoms with E-state index in [9.17, 15) is 9.18 Å². The molecule has 1 aromatic carbocycles. The molecule has 20 heavy (non-hydrogen) atoms. The van der Waals surface area contributed by atoms with E-state index in [0.717, 1.165) is 19.3 Å². The molecule has 1 aliphatic carbocycles. The number of ether oxygens (including phenoxy) is 1. The van der Waals surface area contributed by atoms with Gasteiger partial charge in [0.05, 0.1) is 4.47 Å². The SMILES string of the molecule is CC1(C)CCC(NC(=O)COc2ccc(F)cc2Br)C1. The van der Waals surface area contributed by atoms with E-state index in [1.54, 1.807) is 0 Å². The van der Waals surface area contributed by atoms with Crippen molar-refractivity contribution in [3.63, 3.8) is 0 Å². The Morgan fingerprint density at radius 1 is 1.55 bits per heavy atom.